The number of hydrogen-bond acceptors (Lipinski definition) is 6. The molecule has 0 amide bonds. The van der Waals surface area contributed by atoms with Gasteiger partial charge < -0.3 is 15.6 Å². The first-order chi connectivity index (χ1) is 8.13. The molecule has 0 saturated carbocycles. The molecule has 17 heavy (non-hydrogen) atoms. The van der Waals surface area contributed by atoms with Gasteiger partial charge in [0.1, 0.15) is 5.52 Å². The first kappa shape index (κ1) is 12.0. The van der Waals surface area contributed by atoms with Gasteiger partial charge in [-0.15, -0.1) is 0 Å². The first-order valence-corrected chi connectivity index (χ1v) is 6.71. The summed E-state index contributed by atoms with van der Waals surface area (Å²) in [5.41, 5.74) is 7.12. The lowest BCUT2D eigenvalue weighted by molar-refractivity contribution is 0.756. The second kappa shape index (κ2) is 4.79. The zero-order valence-electron chi connectivity index (χ0n) is 10.1. The highest BCUT2D eigenvalue weighted by molar-refractivity contribution is 7.98. The van der Waals surface area contributed by atoms with Crippen LogP contribution in [-0.2, 0) is 0 Å². The molecule has 1 unspecified atom stereocenters. The predicted molar refractivity (Wildman–Crippen MR) is 72.3 cm³/mol. The molecule has 0 aromatic carbocycles. The molecule has 1 atom stereocenters. The van der Waals surface area contributed by atoms with Gasteiger partial charge in [-0.3, -0.25) is 0 Å². The number of rotatable bonds is 4. The molecule has 92 valence electrons. The zero-order chi connectivity index (χ0) is 12.4. The van der Waals surface area contributed by atoms with Gasteiger partial charge in [-0.2, -0.15) is 21.7 Å². The summed E-state index contributed by atoms with van der Waals surface area (Å²) in [6.45, 7) is 2.15. The quantitative estimate of drug-likeness (QED) is 0.848. The number of imidazole rings is 1. The molecule has 2 aromatic rings. The van der Waals surface area contributed by atoms with Gasteiger partial charge in [0.15, 0.2) is 11.5 Å². The molecule has 0 fully saturated rings. The number of hydrogen-bond donors (Lipinski definition) is 2. The van der Waals surface area contributed by atoms with E-state index in [9.17, 15) is 0 Å². The third-order valence-electron chi connectivity index (χ3n) is 2.69. The average molecular weight is 252 g/mol. The Labute approximate surface area is 104 Å². The van der Waals surface area contributed by atoms with Crippen LogP contribution >= 0.6 is 11.8 Å². The van der Waals surface area contributed by atoms with Crippen LogP contribution in [0.15, 0.2) is 6.33 Å². The molecule has 6 nitrogen and oxygen atoms in total. The van der Waals surface area contributed by atoms with Crippen molar-refractivity contribution in [2.45, 2.75) is 13.0 Å². The van der Waals surface area contributed by atoms with Crippen molar-refractivity contribution in [3.8, 4) is 0 Å². The van der Waals surface area contributed by atoms with Crippen LogP contribution in [0.3, 0.4) is 0 Å². The molecule has 0 spiro atoms. The lowest BCUT2D eigenvalue weighted by Crippen LogP contribution is -2.32. The van der Waals surface area contributed by atoms with Gasteiger partial charge in [0.25, 0.3) is 0 Å². The first-order valence-electron chi connectivity index (χ1n) is 5.32. The summed E-state index contributed by atoms with van der Waals surface area (Å²) in [6.07, 6.45) is 3.69. The number of nitrogens with zero attached hydrogens (tertiary/aromatic N) is 4. The van der Waals surface area contributed by atoms with E-state index in [2.05, 4.69) is 38.0 Å². The van der Waals surface area contributed by atoms with Crippen molar-refractivity contribution in [1.82, 2.24) is 19.9 Å². The minimum absolute atomic E-state index is 0.253. The van der Waals surface area contributed by atoms with Gasteiger partial charge in [0, 0.05) is 18.8 Å². The maximum absolute atomic E-state index is 5.69. The van der Waals surface area contributed by atoms with E-state index in [1.807, 2.05) is 7.05 Å². The van der Waals surface area contributed by atoms with Crippen LogP contribution in [0.1, 0.15) is 6.92 Å². The highest BCUT2D eigenvalue weighted by atomic mass is 32.2. The molecule has 0 aliphatic carbocycles. The number of aromatic nitrogens is 4. The van der Waals surface area contributed by atoms with Crippen LogP contribution in [0.2, 0.25) is 0 Å². The van der Waals surface area contributed by atoms with Crippen molar-refractivity contribution in [2.75, 3.05) is 29.7 Å². The van der Waals surface area contributed by atoms with Crippen LogP contribution in [0, 0.1) is 0 Å². The van der Waals surface area contributed by atoms with E-state index >= 15 is 0 Å². The Morgan fingerprint density at radius 2 is 2.29 bits per heavy atom. The highest BCUT2D eigenvalue weighted by Crippen LogP contribution is 2.22. The molecule has 0 radical (unpaired) electrons. The minimum atomic E-state index is 0.253. The maximum atomic E-state index is 5.69. The van der Waals surface area contributed by atoms with Crippen molar-refractivity contribution in [2.24, 2.45) is 0 Å². The average Bonchev–Trinajstić information content (AvgIpc) is 2.75. The predicted octanol–water partition coefficient (Wildman–Crippen LogP) is 1.12. The van der Waals surface area contributed by atoms with Crippen LogP contribution in [0.4, 0.5) is 11.8 Å². The third-order valence-corrected chi connectivity index (χ3v) is 3.50. The summed E-state index contributed by atoms with van der Waals surface area (Å²) >= 11 is 1.80. The third kappa shape index (κ3) is 2.28. The highest BCUT2D eigenvalue weighted by Gasteiger charge is 2.16. The van der Waals surface area contributed by atoms with Crippen LogP contribution in [0.5, 0.6) is 0 Å². The Hall–Kier alpha value is -1.50. The summed E-state index contributed by atoms with van der Waals surface area (Å²) in [6, 6.07) is 0.366. The lowest BCUT2D eigenvalue weighted by Gasteiger charge is -2.25. The van der Waals surface area contributed by atoms with Crippen molar-refractivity contribution in [1.29, 1.82) is 0 Å². The zero-order valence-corrected chi connectivity index (χ0v) is 11.0. The van der Waals surface area contributed by atoms with Crippen molar-refractivity contribution < 1.29 is 0 Å². The van der Waals surface area contributed by atoms with Gasteiger partial charge in [-0.25, -0.2) is 4.98 Å². The lowest BCUT2D eigenvalue weighted by atomic mass is 10.3. The van der Waals surface area contributed by atoms with Gasteiger partial charge in [0.05, 0.1) is 6.33 Å². The minimum Gasteiger partial charge on any atom is -0.368 e. The van der Waals surface area contributed by atoms with Gasteiger partial charge >= 0.3 is 0 Å². The number of thioether (sulfide) groups is 1. The Kier molecular flexibility index (Phi) is 3.37. The Bertz CT molecular complexity index is 510. The molecule has 0 aliphatic heterocycles. The second-order valence-corrected chi connectivity index (χ2v) is 4.83. The largest absolute Gasteiger partial charge is 0.368 e. The summed E-state index contributed by atoms with van der Waals surface area (Å²) in [5.74, 6) is 2.07. The fourth-order valence-electron chi connectivity index (χ4n) is 1.65. The van der Waals surface area contributed by atoms with Crippen LogP contribution in [0.25, 0.3) is 11.2 Å². The SMILES string of the molecule is CSCC(C)N(C)c1nc(N)nc2nc[nH]c12. The number of nitrogens with one attached hydrogen (secondary N) is 1. The number of anilines is 2. The van der Waals surface area contributed by atoms with E-state index in [4.69, 9.17) is 5.73 Å². The van der Waals surface area contributed by atoms with E-state index in [0.29, 0.717) is 11.7 Å². The molecular formula is C10H16N6S. The number of aromatic amines is 1. The van der Waals surface area contributed by atoms with E-state index in [1.54, 1.807) is 18.1 Å². The molecule has 2 heterocycles. The molecule has 0 saturated heterocycles. The van der Waals surface area contributed by atoms with Gasteiger partial charge in [-0.05, 0) is 13.2 Å². The smallest absolute Gasteiger partial charge is 0.224 e. The van der Waals surface area contributed by atoms with E-state index in [-0.39, 0.29) is 5.95 Å². The van der Waals surface area contributed by atoms with Crippen molar-refractivity contribution in [3.05, 3.63) is 6.33 Å². The summed E-state index contributed by atoms with van der Waals surface area (Å²) in [5, 5.41) is 0. The standard InChI is InChI=1S/C10H16N6S/c1-6(4-17-3)16(2)9-7-8(13-5-12-7)14-10(11)15-9/h5-6H,4H2,1-3H3,(H3,11,12,13,14,15). The topological polar surface area (TPSA) is 83.7 Å². The number of nitrogens with two attached hydrogens (primary N) is 1. The van der Waals surface area contributed by atoms with Crippen molar-refractivity contribution >= 4 is 34.7 Å². The van der Waals surface area contributed by atoms with Gasteiger partial charge in [0.2, 0.25) is 5.95 Å². The Morgan fingerprint density at radius 3 is 3.00 bits per heavy atom. The Morgan fingerprint density at radius 1 is 1.53 bits per heavy atom. The van der Waals surface area contributed by atoms with E-state index in [1.165, 1.54) is 0 Å². The molecular weight excluding hydrogens is 236 g/mol. The maximum Gasteiger partial charge on any atom is 0.224 e. The number of nitrogen functional groups attached to an aromatic ring is 1. The summed E-state index contributed by atoms with van der Waals surface area (Å²) in [4.78, 5) is 17.6. The molecule has 0 aliphatic rings. The van der Waals surface area contributed by atoms with Crippen molar-refractivity contribution in [3.63, 3.8) is 0 Å². The Balaban J connectivity index is 2.43. The molecule has 2 aromatic heterocycles. The van der Waals surface area contributed by atoms with E-state index < -0.39 is 0 Å². The molecule has 2 rings (SSSR count). The second-order valence-electron chi connectivity index (χ2n) is 3.92. The molecule has 0 bridgehead atoms. The van der Waals surface area contributed by atoms with Crippen LogP contribution in [-0.4, -0.2) is 45.0 Å². The van der Waals surface area contributed by atoms with Crippen LogP contribution < -0.4 is 10.6 Å². The van der Waals surface area contributed by atoms with Gasteiger partial charge in [-0.1, -0.05) is 0 Å². The molecule has 7 heteroatoms. The monoisotopic (exact) mass is 252 g/mol. The molecule has 3 N–H and O–H groups in total. The fourth-order valence-corrected chi connectivity index (χ4v) is 2.36. The number of fused-ring (bicyclic) bond motifs is 1. The fraction of sp³-hybridized carbons (Fsp3) is 0.500. The normalized spacial score (nSPS) is 12.9. The summed E-state index contributed by atoms with van der Waals surface area (Å²) in [7, 11) is 2.00. The summed E-state index contributed by atoms with van der Waals surface area (Å²) < 4.78 is 0. The van der Waals surface area contributed by atoms with E-state index in [0.717, 1.165) is 17.1 Å². The number of H-pyrrole nitrogens is 1.